The summed E-state index contributed by atoms with van der Waals surface area (Å²) in [7, 11) is -14.9. The van der Waals surface area contributed by atoms with Crippen molar-refractivity contribution >= 4 is 57.9 Å². The van der Waals surface area contributed by atoms with Gasteiger partial charge in [-0.3, -0.25) is 28.8 Å². The van der Waals surface area contributed by atoms with Gasteiger partial charge in [-0.25, -0.2) is 8.78 Å². The zero-order valence-corrected chi connectivity index (χ0v) is 57.1. The standard InChI is InChI=1S/2C22H30FO8P.C22H33O7P/c2*1-12-8-16-15-5-4-13-9-14(24)6-7-19(13,2)21(15,23)17(25)10-20(16,3)22(12,27)18(26)11-31-32(28,29)30;1-20-8-6-14(23)10-13(20)4-5-15-16-7-9-22(26,18(25)12-29-30(3,27)28)21(16,2)11-17(24)19(15)20/h2*6-7,9,12,15-17,25,27H,4-5,8,10-11H2,1-3H3,(H2,28,29,30);10,15-17,19,24,26H,4-9,11-12H2,1-3H3,(H,27,28)/p-5/t12-,15-,16+,17+,19+,20+,21+,22+;12-,15-,16-,17-,19-,20-,21-,22-;15-,16-,17-,19+,20-,21-,22-/m100/s1. The molecule has 0 bridgehead atoms. The monoisotopic (exact) mass is 1380 g/mol. The van der Waals surface area contributed by atoms with Gasteiger partial charge in [0.25, 0.3) is 0 Å². The fraction of sp³-hybridized carbons (Fsp3) is 0.758. The minimum absolute atomic E-state index is 0.00474. The molecule has 12 rings (SSSR count). The maximum Gasteiger partial charge on any atom is 0.191 e. The first-order valence-electron chi connectivity index (χ1n) is 32.6. The number of hydrogen-bond acceptors (Lipinski definition) is 23. The Morgan fingerprint density at radius 1 is 0.553 bits per heavy atom. The molecule has 0 aliphatic heterocycles. The van der Waals surface area contributed by atoms with Crippen molar-refractivity contribution in [1.29, 1.82) is 0 Å². The van der Waals surface area contributed by atoms with Crippen LogP contribution in [0.25, 0.3) is 0 Å². The van der Waals surface area contributed by atoms with Crippen LogP contribution in [-0.4, -0.2) is 138 Å². The van der Waals surface area contributed by atoms with Crippen molar-refractivity contribution in [2.75, 3.05) is 26.5 Å². The number of phosphoric acid groups is 2. The van der Waals surface area contributed by atoms with Crippen LogP contribution in [0.4, 0.5) is 8.78 Å². The number of phosphoric ester groups is 2. The number of halogens is 2. The molecular formula is C66H88F2O23P3-5. The van der Waals surface area contributed by atoms with Gasteiger partial charge < -0.3 is 82.4 Å². The van der Waals surface area contributed by atoms with Crippen molar-refractivity contribution in [3.8, 4) is 0 Å². The van der Waals surface area contributed by atoms with Gasteiger partial charge in [-0.1, -0.05) is 70.4 Å². The Morgan fingerprint density at radius 2 is 0.979 bits per heavy atom. The fourth-order valence-electron chi connectivity index (χ4n) is 22.2. The summed E-state index contributed by atoms with van der Waals surface area (Å²) in [6, 6.07) is 0. The van der Waals surface area contributed by atoms with Crippen LogP contribution in [0.1, 0.15) is 152 Å². The minimum Gasteiger partial charge on any atom is -0.790 e. The van der Waals surface area contributed by atoms with E-state index in [1.54, 1.807) is 47.6 Å². The molecule has 0 heterocycles. The first kappa shape index (κ1) is 73.4. The van der Waals surface area contributed by atoms with E-state index in [1.165, 1.54) is 36.5 Å². The highest BCUT2D eigenvalue weighted by molar-refractivity contribution is 7.50. The number of aliphatic hydroxyl groups excluding tert-OH is 3. The van der Waals surface area contributed by atoms with Crippen LogP contribution in [0.5, 0.6) is 0 Å². The van der Waals surface area contributed by atoms with E-state index in [1.807, 2.05) is 6.92 Å². The highest BCUT2D eigenvalue weighted by Gasteiger charge is 2.78. The molecule has 0 saturated heterocycles. The lowest BCUT2D eigenvalue weighted by Crippen LogP contribution is -2.69. The number of rotatable bonds is 12. The molecule has 524 valence electrons. The van der Waals surface area contributed by atoms with E-state index in [0.717, 1.165) is 31.5 Å². The van der Waals surface area contributed by atoms with Crippen LogP contribution in [0.15, 0.2) is 59.3 Å². The smallest absolute Gasteiger partial charge is 0.191 e. The summed E-state index contributed by atoms with van der Waals surface area (Å²) < 4.78 is 80.0. The van der Waals surface area contributed by atoms with Gasteiger partial charge in [-0.05, 0) is 181 Å². The molecular weight excluding hydrogens is 1290 g/mol. The number of Topliss-reactive ketones (excluding diaryl/α,β-unsaturated/α-hetero) is 3. The Morgan fingerprint density at radius 3 is 1.40 bits per heavy atom. The molecule has 12 aliphatic carbocycles. The van der Waals surface area contributed by atoms with Crippen LogP contribution in [0.2, 0.25) is 0 Å². The molecule has 28 heteroatoms. The number of allylic oxidation sites excluding steroid dienone is 9. The van der Waals surface area contributed by atoms with E-state index in [4.69, 9.17) is 4.52 Å². The second-order valence-electron chi connectivity index (χ2n) is 31.1. The van der Waals surface area contributed by atoms with Crippen LogP contribution < -0.4 is 24.5 Å². The van der Waals surface area contributed by atoms with Crippen molar-refractivity contribution in [3.05, 3.63) is 59.3 Å². The molecule has 0 aromatic heterocycles. The molecule has 0 amide bonds. The van der Waals surface area contributed by atoms with Crippen molar-refractivity contribution in [2.45, 2.75) is 198 Å². The molecule has 0 radical (unpaired) electrons. The third-order valence-electron chi connectivity index (χ3n) is 26.9. The lowest BCUT2D eigenvalue weighted by Gasteiger charge is -2.62. The van der Waals surface area contributed by atoms with Gasteiger partial charge in [0.05, 0.1) is 34.0 Å². The van der Waals surface area contributed by atoms with E-state index in [9.17, 15) is 97.6 Å². The van der Waals surface area contributed by atoms with Gasteiger partial charge in [0, 0.05) is 52.0 Å². The molecule has 9 fully saturated rings. The number of fused-ring (bicyclic) bond motifs is 15. The second kappa shape index (κ2) is 23.9. The highest BCUT2D eigenvalue weighted by Crippen LogP contribution is 2.74. The largest absolute Gasteiger partial charge is 0.790 e. The van der Waals surface area contributed by atoms with Crippen molar-refractivity contribution in [3.63, 3.8) is 0 Å². The summed E-state index contributed by atoms with van der Waals surface area (Å²) >= 11 is 0. The van der Waals surface area contributed by atoms with Crippen molar-refractivity contribution in [2.24, 2.45) is 85.8 Å². The Balaban J connectivity index is 0.000000154. The Hall–Kier alpha value is -3.29. The Bertz CT molecular complexity index is 3350. The maximum absolute atomic E-state index is 17.0. The summed E-state index contributed by atoms with van der Waals surface area (Å²) in [4.78, 5) is 129. The zero-order chi connectivity index (χ0) is 69.9. The predicted molar refractivity (Wildman–Crippen MR) is 320 cm³/mol. The van der Waals surface area contributed by atoms with E-state index in [-0.39, 0.29) is 79.0 Å². The lowest BCUT2D eigenvalue weighted by atomic mass is 9.44. The predicted octanol–water partition coefficient (Wildman–Crippen LogP) is 3.49. The van der Waals surface area contributed by atoms with Crippen molar-refractivity contribution in [1.82, 2.24) is 0 Å². The van der Waals surface area contributed by atoms with Gasteiger partial charge >= 0.3 is 0 Å². The molecule has 24 atom stereocenters. The molecule has 0 aromatic rings. The van der Waals surface area contributed by atoms with E-state index in [0.29, 0.717) is 49.7 Å². The minimum atomic E-state index is -5.43. The third kappa shape index (κ3) is 10.9. The zero-order valence-electron chi connectivity index (χ0n) is 54.4. The number of ketones is 6. The number of carbonyl (C=O) groups excluding carboxylic acids is 6. The Kier molecular flexibility index (Phi) is 18.7. The average molecular weight is 1380 g/mol. The molecule has 9 saturated carbocycles. The second-order valence-corrected chi connectivity index (χ2v) is 35.2. The van der Waals surface area contributed by atoms with Gasteiger partial charge in [-0.15, -0.1) is 0 Å². The quantitative estimate of drug-likeness (QED) is 0.152. The molecule has 1 unspecified atom stereocenters. The normalized spacial score (nSPS) is 47.9. The summed E-state index contributed by atoms with van der Waals surface area (Å²) in [6.07, 6.45) is 12.2. The first-order valence-corrected chi connectivity index (χ1v) is 37.5. The van der Waals surface area contributed by atoms with Crippen LogP contribution in [0.3, 0.4) is 0 Å². The van der Waals surface area contributed by atoms with Crippen molar-refractivity contribution < 1.29 is 120 Å². The van der Waals surface area contributed by atoms with E-state index < -0.39 is 169 Å². The van der Waals surface area contributed by atoms with Crippen LogP contribution in [-0.2, 0) is 56.0 Å². The molecule has 6 N–H and O–H groups in total. The van der Waals surface area contributed by atoms with E-state index in [2.05, 4.69) is 16.0 Å². The fourth-order valence-corrected chi connectivity index (χ4v) is 23.1. The SMILES string of the molecule is C[C@@H]1C[C@H]2[C@H]3CCC4=CC(=O)C=C[C@]4(C)[C@@]3(F)[C@@H](O)C[C@]2(C)[C@@]1(O)C(=O)COP(=O)([O-])[O-].C[C@H]1C[C@H]2[C@@H]3CCC4=CC(=O)C=C[C@]4(C)[C@@]3(F)[C@@H](O)C[C@]2(C)[C@@]1(O)C(=O)COP(=O)([O-])[O-].C[C@]12CCC(=O)C=C1CC[C@@H]1[C@@H]2[C@@H](O)C[C@@]2(C)[C@H]1CC[C@]2(O)C(=O)COP(C)(=O)[O-]. The number of hydrogen-bond donors (Lipinski definition) is 6. The summed E-state index contributed by atoms with van der Waals surface area (Å²) in [5.74, 6) is -6.38. The van der Waals surface area contributed by atoms with Gasteiger partial charge in [-0.2, -0.15) is 0 Å². The maximum atomic E-state index is 17.0. The lowest BCUT2D eigenvalue weighted by molar-refractivity contribution is -0.343. The molecule has 0 spiro atoms. The molecule has 94 heavy (non-hydrogen) atoms. The number of alkyl halides is 2. The number of carbonyl (C=O) groups is 6. The van der Waals surface area contributed by atoms with Gasteiger partial charge in [0.1, 0.15) is 44.2 Å². The Labute approximate surface area is 545 Å². The van der Waals surface area contributed by atoms with Gasteiger partial charge in [0.2, 0.25) is 0 Å². The number of aliphatic hydroxyl groups is 6. The summed E-state index contributed by atoms with van der Waals surface area (Å²) in [5.41, 5.74) is -13.7. The highest BCUT2D eigenvalue weighted by atomic mass is 31.2. The van der Waals surface area contributed by atoms with E-state index >= 15 is 8.78 Å². The topological polar surface area (TPSA) is 418 Å². The summed E-state index contributed by atoms with van der Waals surface area (Å²) in [5, 5.41) is 68.3. The summed E-state index contributed by atoms with van der Waals surface area (Å²) in [6.45, 7) is 11.8. The van der Waals surface area contributed by atoms with Crippen LogP contribution >= 0.6 is 23.2 Å². The van der Waals surface area contributed by atoms with Crippen LogP contribution in [0, 0.1) is 85.8 Å². The first-order chi connectivity index (χ1) is 43.0. The van der Waals surface area contributed by atoms with Gasteiger partial charge in [0.15, 0.2) is 46.0 Å². The third-order valence-corrected chi connectivity index (χ3v) is 28.4. The molecule has 0 aromatic carbocycles. The molecule has 12 aliphatic rings. The average Bonchev–Trinajstić information content (AvgIpc) is 1.37. The molecule has 23 nitrogen and oxygen atoms in total.